The fourth-order valence-electron chi connectivity index (χ4n) is 2.25. The van der Waals surface area contributed by atoms with E-state index in [1.807, 2.05) is 0 Å². The van der Waals surface area contributed by atoms with Crippen LogP contribution in [0.3, 0.4) is 0 Å². The smallest absolute Gasteiger partial charge is 0.416 e. The summed E-state index contributed by atoms with van der Waals surface area (Å²) in [6.45, 7) is 6.75. The first-order chi connectivity index (χ1) is 12.9. The van der Waals surface area contributed by atoms with Gasteiger partial charge in [0.2, 0.25) is 0 Å². The zero-order valence-corrected chi connectivity index (χ0v) is 17.9. The summed E-state index contributed by atoms with van der Waals surface area (Å²) in [5.41, 5.74) is -0.692. The van der Waals surface area contributed by atoms with Crippen molar-refractivity contribution in [1.29, 1.82) is 0 Å². The number of aromatic nitrogens is 1. The van der Waals surface area contributed by atoms with Gasteiger partial charge in [-0.25, -0.2) is 14.6 Å². The quantitative estimate of drug-likeness (QED) is 0.634. The maximum Gasteiger partial charge on any atom is 0.416 e. The van der Waals surface area contributed by atoms with Crippen LogP contribution in [0.1, 0.15) is 39.7 Å². The van der Waals surface area contributed by atoms with Crippen molar-refractivity contribution in [3.63, 3.8) is 0 Å². The molecule has 0 bridgehead atoms. The van der Waals surface area contributed by atoms with Crippen molar-refractivity contribution >= 4 is 35.4 Å². The van der Waals surface area contributed by atoms with Crippen molar-refractivity contribution in [3.8, 4) is 0 Å². The van der Waals surface area contributed by atoms with Gasteiger partial charge in [-0.05, 0) is 45.7 Å². The van der Waals surface area contributed by atoms with E-state index in [1.54, 1.807) is 39.1 Å². The summed E-state index contributed by atoms with van der Waals surface area (Å²) in [7, 11) is 3.03. The van der Waals surface area contributed by atoms with E-state index in [1.165, 1.54) is 30.8 Å². The minimum absolute atomic E-state index is 0.0633. The molecular formula is C19H28ClN3O5. The number of hydrogen-bond acceptors (Lipinski definition) is 6. The van der Waals surface area contributed by atoms with Crippen molar-refractivity contribution in [2.45, 2.75) is 51.7 Å². The lowest BCUT2D eigenvalue weighted by atomic mass is 10.1. The summed E-state index contributed by atoms with van der Waals surface area (Å²) in [6.07, 6.45) is 0.892. The molecule has 0 saturated carbocycles. The van der Waals surface area contributed by atoms with Crippen LogP contribution in [0.15, 0.2) is 18.3 Å². The molecule has 8 nitrogen and oxygen atoms in total. The number of carbonyl (C=O) groups is 3. The number of pyridine rings is 1. The number of ether oxygens (including phenoxy) is 2. The first-order valence-electron chi connectivity index (χ1n) is 8.89. The van der Waals surface area contributed by atoms with Gasteiger partial charge in [-0.3, -0.25) is 9.69 Å². The summed E-state index contributed by atoms with van der Waals surface area (Å²) in [4.78, 5) is 42.9. The minimum atomic E-state index is -0.771. The third kappa shape index (κ3) is 8.12. The second-order valence-corrected chi connectivity index (χ2v) is 7.96. The fraction of sp³-hybridized carbons (Fsp3) is 0.579. The maximum absolute atomic E-state index is 12.3. The average Bonchev–Trinajstić information content (AvgIpc) is 2.57. The summed E-state index contributed by atoms with van der Waals surface area (Å²) in [5.74, 6) is 0.251. The van der Waals surface area contributed by atoms with Crippen molar-refractivity contribution in [2.75, 3.05) is 25.5 Å². The molecule has 0 fully saturated rings. The molecule has 0 aliphatic heterocycles. The Kier molecular flexibility index (Phi) is 8.68. The topological polar surface area (TPSA) is 89.0 Å². The number of anilines is 1. The second-order valence-electron chi connectivity index (χ2n) is 7.35. The average molecular weight is 414 g/mol. The van der Waals surface area contributed by atoms with Crippen molar-refractivity contribution in [3.05, 3.63) is 23.9 Å². The molecule has 0 radical (unpaired) electrons. The number of nitrogens with zero attached hydrogens (tertiary/aromatic N) is 3. The van der Waals surface area contributed by atoms with Crippen molar-refractivity contribution < 1.29 is 23.9 Å². The normalized spacial score (nSPS) is 12.1. The Morgan fingerprint density at radius 1 is 1.21 bits per heavy atom. The number of rotatable bonds is 7. The van der Waals surface area contributed by atoms with E-state index < -0.39 is 23.4 Å². The van der Waals surface area contributed by atoms with E-state index in [-0.39, 0.29) is 18.7 Å². The van der Waals surface area contributed by atoms with Gasteiger partial charge in [0, 0.05) is 26.7 Å². The number of ketones is 1. The lowest BCUT2D eigenvalue weighted by molar-refractivity contribution is -0.119. The van der Waals surface area contributed by atoms with Gasteiger partial charge in [-0.15, -0.1) is 0 Å². The van der Waals surface area contributed by atoms with Gasteiger partial charge in [0.25, 0.3) is 0 Å². The monoisotopic (exact) mass is 413 g/mol. The second kappa shape index (κ2) is 10.3. The number of amides is 2. The van der Waals surface area contributed by atoms with E-state index in [2.05, 4.69) is 4.98 Å². The predicted octanol–water partition coefficient (Wildman–Crippen LogP) is 3.61. The molecule has 156 valence electrons. The highest BCUT2D eigenvalue weighted by Crippen LogP contribution is 2.19. The Morgan fingerprint density at radius 3 is 2.43 bits per heavy atom. The molecule has 9 heteroatoms. The summed E-state index contributed by atoms with van der Waals surface area (Å²) in [5, 5.41) is 0. The molecule has 1 heterocycles. The van der Waals surface area contributed by atoms with Crippen LogP contribution in [0.4, 0.5) is 15.4 Å². The first kappa shape index (κ1) is 23.7. The lowest BCUT2D eigenvalue weighted by Crippen LogP contribution is -2.37. The van der Waals surface area contributed by atoms with Crippen LogP contribution in [0, 0.1) is 0 Å². The van der Waals surface area contributed by atoms with Gasteiger partial charge >= 0.3 is 12.2 Å². The molecule has 1 atom stereocenters. The Hall–Kier alpha value is -2.35. The number of aryl methyl sites for hydroxylation is 1. The van der Waals surface area contributed by atoms with Crippen molar-refractivity contribution in [1.82, 2.24) is 9.88 Å². The van der Waals surface area contributed by atoms with Gasteiger partial charge in [0.1, 0.15) is 11.4 Å². The molecule has 28 heavy (non-hydrogen) atoms. The highest BCUT2D eigenvalue weighted by Gasteiger charge is 2.22. The van der Waals surface area contributed by atoms with E-state index in [9.17, 15) is 14.4 Å². The Morgan fingerprint density at radius 2 is 1.86 bits per heavy atom. The molecule has 1 unspecified atom stereocenters. The molecule has 0 aromatic carbocycles. The zero-order chi connectivity index (χ0) is 21.5. The van der Waals surface area contributed by atoms with Crippen molar-refractivity contribution in [2.24, 2.45) is 0 Å². The van der Waals surface area contributed by atoms with Gasteiger partial charge < -0.3 is 14.4 Å². The molecule has 1 aromatic rings. The van der Waals surface area contributed by atoms with Crippen LogP contribution in [0.25, 0.3) is 0 Å². The van der Waals surface area contributed by atoms with E-state index in [0.717, 1.165) is 0 Å². The number of alkyl halides is 1. The SMILES string of the molecule is CC(Cl)OC(=O)N(C)c1ncccc1CCC(=O)CN(C)C(=O)OC(C)(C)C. The van der Waals surface area contributed by atoms with E-state index in [0.29, 0.717) is 17.8 Å². The Bertz CT molecular complexity index is 703. The molecule has 2 amide bonds. The minimum Gasteiger partial charge on any atom is -0.444 e. The van der Waals surface area contributed by atoms with Gasteiger partial charge in [-0.2, -0.15) is 0 Å². The molecule has 1 aromatic heterocycles. The molecule has 0 N–H and O–H groups in total. The predicted molar refractivity (Wildman–Crippen MR) is 107 cm³/mol. The molecule has 0 saturated heterocycles. The van der Waals surface area contributed by atoms with Gasteiger partial charge in [-0.1, -0.05) is 17.7 Å². The lowest BCUT2D eigenvalue weighted by Gasteiger charge is -2.24. The third-order valence-electron chi connectivity index (χ3n) is 3.51. The number of hydrogen-bond donors (Lipinski definition) is 0. The molecule has 1 rings (SSSR count). The van der Waals surface area contributed by atoms with Gasteiger partial charge in [0.05, 0.1) is 6.54 Å². The molecule has 0 aliphatic carbocycles. The van der Waals surface area contributed by atoms with Gasteiger partial charge in [0.15, 0.2) is 11.3 Å². The molecule has 0 spiro atoms. The Balaban J connectivity index is 2.69. The van der Waals surface area contributed by atoms with Crippen LogP contribution in [-0.4, -0.2) is 59.7 Å². The largest absolute Gasteiger partial charge is 0.444 e. The number of carbonyl (C=O) groups excluding carboxylic acids is 3. The first-order valence-corrected chi connectivity index (χ1v) is 9.32. The number of likely N-dealkylation sites (N-methyl/N-ethyl adjacent to an activating group) is 1. The number of Topliss-reactive ketones (excluding diaryl/α,β-unsaturated/α-hetero) is 1. The molecule has 0 aliphatic rings. The van der Waals surface area contributed by atoms with E-state index in [4.69, 9.17) is 21.1 Å². The standard InChI is InChI=1S/C19H28ClN3O5/c1-13(20)27-18(26)23(6)16-14(8-7-11-21-16)9-10-15(24)12-22(5)17(25)28-19(2,3)4/h7-8,11,13H,9-10,12H2,1-6H3. The van der Waals surface area contributed by atoms with Crippen LogP contribution >= 0.6 is 11.6 Å². The highest BCUT2D eigenvalue weighted by molar-refractivity contribution is 6.20. The summed E-state index contributed by atoms with van der Waals surface area (Å²) < 4.78 is 10.2. The highest BCUT2D eigenvalue weighted by atomic mass is 35.5. The Labute approximate surface area is 170 Å². The van der Waals surface area contributed by atoms with Crippen LogP contribution in [0.5, 0.6) is 0 Å². The van der Waals surface area contributed by atoms with E-state index >= 15 is 0 Å². The number of halogens is 1. The zero-order valence-electron chi connectivity index (χ0n) is 17.2. The fourth-order valence-corrected chi connectivity index (χ4v) is 2.33. The summed E-state index contributed by atoms with van der Waals surface area (Å²) in [6, 6.07) is 3.50. The maximum atomic E-state index is 12.3. The summed E-state index contributed by atoms with van der Waals surface area (Å²) >= 11 is 5.68. The molecular weight excluding hydrogens is 386 g/mol. The van der Waals surface area contributed by atoms with Crippen LogP contribution < -0.4 is 4.90 Å². The van der Waals surface area contributed by atoms with Crippen LogP contribution in [-0.2, 0) is 20.7 Å². The van der Waals surface area contributed by atoms with Crippen LogP contribution in [0.2, 0.25) is 0 Å². The third-order valence-corrected chi connectivity index (χ3v) is 3.60.